The number of hydrogen-bond acceptors (Lipinski definition) is 3. The van der Waals surface area contributed by atoms with Gasteiger partial charge in [0.25, 0.3) is 0 Å². The zero-order valence-electron chi connectivity index (χ0n) is 9.27. The molecule has 3 unspecified atom stereocenters. The van der Waals surface area contributed by atoms with Gasteiger partial charge in [-0.1, -0.05) is 24.3 Å². The Morgan fingerprint density at radius 2 is 1.76 bits per heavy atom. The predicted molar refractivity (Wildman–Crippen MR) is 66.7 cm³/mol. The molecule has 4 heteroatoms. The van der Waals surface area contributed by atoms with E-state index in [4.69, 9.17) is 4.74 Å². The van der Waals surface area contributed by atoms with E-state index >= 15 is 0 Å². The number of benzene rings is 1. The van der Waals surface area contributed by atoms with Gasteiger partial charge in [0.15, 0.2) is 0 Å². The van der Waals surface area contributed by atoms with Crippen molar-refractivity contribution in [1.29, 1.82) is 0 Å². The second-order valence-corrected chi connectivity index (χ2v) is 5.01. The van der Waals surface area contributed by atoms with Gasteiger partial charge in [0.2, 0.25) is 11.6 Å². The monoisotopic (exact) mass is 246 g/mol. The van der Waals surface area contributed by atoms with E-state index in [1.165, 1.54) is 0 Å². The molecule has 1 aromatic rings. The first-order valence-corrected chi connectivity index (χ1v) is 6.12. The highest BCUT2D eigenvalue weighted by molar-refractivity contribution is 7.18. The van der Waals surface area contributed by atoms with Crippen molar-refractivity contribution in [3.05, 3.63) is 41.0 Å². The number of carbonyl (C=O) groups is 2. The molecule has 1 aromatic carbocycles. The van der Waals surface area contributed by atoms with Crippen LogP contribution in [0.4, 0.5) is 0 Å². The maximum atomic E-state index is 12.0. The van der Waals surface area contributed by atoms with Crippen LogP contribution >= 0.6 is 9.24 Å². The first-order valence-electron chi connectivity index (χ1n) is 5.46. The number of fused-ring (bicyclic) bond motifs is 2. The van der Waals surface area contributed by atoms with Gasteiger partial charge in [0, 0.05) is 16.8 Å². The average molecular weight is 246 g/mol. The number of rotatable bonds is 0. The summed E-state index contributed by atoms with van der Waals surface area (Å²) in [6.07, 6.45) is -0.0899. The molecule has 0 amide bonds. The quantitative estimate of drug-likeness (QED) is 0.518. The number of carbonyl (C=O) groups excluding carboxylic acids is 2. The van der Waals surface area contributed by atoms with E-state index in [1.54, 1.807) is 12.1 Å². The summed E-state index contributed by atoms with van der Waals surface area (Å²) in [5.74, 6) is -0.273. The van der Waals surface area contributed by atoms with Crippen molar-refractivity contribution in [3.63, 3.8) is 0 Å². The van der Waals surface area contributed by atoms with Crippen molar-refractivity contribution in [3.8, 4) is 0 Å². The Bertz CT molecular complexity index is 574. The Morgan fingerprint density at radius 1 is 1.12 bits per heavy atom. The van der Waals surface area contributed by atoms with Crippen molar-refractivity contribution in [1.82, 2.24) is 0 Å². The van der Waals surface area contributed by atoms with Crippen LogP contribution < -0.4 is 0 Å². The third-order valence-electron chi connectivity index (χ3n) is 3.25. The third kappa shape index (κ3) is 1.32. The van der Waals surface area contributed by atoms with Crippen LogP contribution in [0.25, 0.3) is 5.76 Å². The SMILES string of the molecule is CC1OC2=C(C(=O)C(=O)c3ccccc32)C1P. The number of ether oxygens (including phenoxy) is 1. The molecule has 2 aliphatic rings. The Kier molecular flexibility index (Phi) is 2.20. The molecule has 3 nitrogen and oxygen atoms in total. The summed E-state index contributed by atoms with van der Waals surface area (Å²) < 4.78 is 5.71. The summed E-state index contributed by atoms with van der Waals surface area (Å²) in [7, 11) is 2.58. The summed E-state index contributed by atoms with van der Waals surface area (Å²) in [6.45, 7) is 1.90. The smallest absolute Gasteiger partial charge is 0.234 e. The van der Waals surface area contributed by atoms with Gasteiger partial charge in [-0.2, -0.15) is 0 Å². The molecule has 3 rings (SSSR count). The van der Waals surface area contributed by atoms with Crippen molar-refractivity contribution >= 4 is 26.6 Å². The molecule has 1 aliphatic heterocycles. The summed E-state index contributed by atoms with van der Waals surface area (Å²) >= 11 is 0. The largest absolute Gasteiger partial charge is 0.489 e. The van der Waals surface area contributed by atoms with Gasteiger partial charge in [0.05, 0.1) is 5.57 Å². The van der Waals surface area contributed by atoms with Crippen molar-refractivity contribution < 1.29 is 14.3 Å². The van der Waals surface area contributed by atoms with E-state index in [0.29, 0.717) is 16.9 Å². The summed E-state index contributed by atoms with van der Waals surface area (Å²) in [4.78, 5) is 24.0. The molecule has 0 bridgehead atoms. The van der Waals surface area contributed by atoms with E-state index in [1.807, 2.05) is 19.1 Å². The molecule has 0 N–H and O–H groups in total. The van der Waals surface area contributed by atoms with Gasteiger partial charge in [-0.05, 0) is 6.92 Å². The Labute approximate surface area is 101 Å². The minimum atomic E-state index is -0.428. The zero-order valence-corrected chi connectivity index (χ0v) is 10.4. The number of ketones is 2. The van der Waals surface area contributed by atoms with Crippen LogP contribution in [0.2, 0.25) is 0 Å². The van der Waals surface area contributed by atoms with Crippen LogP contribution in [-0.4, -0.2) is 23.3 Å². The van der Waals surface area contributed by atoms with Gasteiger partial charge in [-0.25, -0.2) is 0 Å². The Morgan fingerprint density at radius 3 is 2.47 bits per heavy atom. The molecule has 0 fully saturated rings. The molecule has 3 atom stereocenters. The standard InChI is InChI=1S/C13H11O3P/c1-6-13(17)9-11(15)10(14)7-4-2-3-5-8(7)12(9)16-6/h2-6,13H,17H2,1H3. The lowest BCUT2D eigenvalue weighted by molar-refractivity contribution is -0.111. The fourth-order valence-corrected chi connectivity index (χ4v) is 2.68. The normalized spacial score (nSPS) is 26.7. The molecule has 0 radical (unpaired) electrons. The predicted octanol–water partition coefficient (Wildman–Crippen LogP) is 1.83. The topological polar surface area (TPSA) is 43.4 Å². The second-order valence-electron chi connectivity index (χ2n) is 4.30. The lowest BCUT2D eigenvalue weighted by Crippen LogP contribution is -2.26. The maximum absolute atomic E-state index is 12.0. The van der Waals surface area contributed by atoms with Gasteiger partial charge in [-0.15, -0.1) is 9.24 Å². The van der Waals surface area contributed by atoms with Crippen LogP contribution in [0.5, 0.6) is 0 Å². The number of hydrogen-bond donors (Lipinski definition) is 0. The third-order valence-corrected chi connectivity index (χ3v) is 4.13. The fraction of sp³-hybridized carbons (Fsp3) is 0.231. The van der Waals surface area contributed by atoms with Crippen LogP contribution in [0, 0.1) is 0 Å². The molecule has 1 aliphatic carbocycles. The average Bonchev–Trinajstić information content (AvgIpc) is 2.63. The highest BCUT2D eigenvalue weighted by atomic mass is 31.0. The van der Waals surface area contributed by atoms with Crippen LogP contribution in [-0.2, 0) is 9.53 Å². The maximum Gasteiger partial charge on any atom is 0.234 e. The lowest BCUT2D eigenvalue weighted by Gasteiger charge is -2.15. The molecular formula is C13H11O3P. The zero-order chi connectivity index (χ0) is 12.2. The summed E-state index contributed by atoms with van der Waals surface area (Å²) in [6, 6.07) is 7.09. The minimum Gasteiger partial charge on any atom is -0.489 e. The van der Waals surface area contributed by atoms with Crippen molar-refractivity contribution in [2.75, 3.05) is 0 Å². The van der Waals surface area contributed by atoms with E-state index in [-0.39, 0.29) is 11.8 Å². The second kappa shape index (κ2) is 3.51. The highest BCUT2D eigenvalue weighted by Gasteiger charge is 2.42. The molecule has 17 heavy (non-hydrogen) atoms. The first kappa shape index (κ1) is 10.7. The van der Waals surface area contributed by atoms with Crippen molar-refractivity contribution in [2.45, 2.75) is 18.7 Å². The van der Waals surface area contributed by atoms with Crippen LogP contribution in [0.15, 0.2) is 29.8 Å². The van der Waals surface area contributed by atoms with Crippen LogP contribution in [0.3, 0.4) is 0 Å². The Balaban J connectivity index is 2.28. The van der Waals surface area contributed by atoms with Gasteiger partial charge >= 0.3 is 0 Å². The fourth-order valence-electron chi connectivity index (χ4n) is 2.30. The number of Topliss-reactive ketones (excluding diaryl/α,β-unsaturated/α-hetero) is 2. The minimum absolute atomic E-state index is 0.0899. The summed E-state index contributed by atoms with van der Waals surface area (Å²) in [5.41, 5.74) is 1.59. The van der Waals surface area contributed by atoms with Gasteiger partial charge in [-0.3, -0.25) is 9.59 Å². The van der Waals surface area contributed by atoms with Gasteiger partial charge < -0.3 is 4.74 Å². The highest BCUT2D eigenvalue weighted by Crippen LogP contribution is 2.41. The van der Waals surface area contributed by atoms with Crippen molar-refractivity contribution in [2.24, 2.45) is 0 Å². The molecule has 0 saturated carbocycles. The van der Waals surface area contributed by atoms with Gasteiger partial charge in [0.1, 0.15) is 11.9 Å². The molecular weight excluding hydrogens is 235 g/mol. The lowest BCUT2D eigenvalue weighted by atomic mass is 9.87. The van der Waals surface area contributed by atoms with E-state index < -0.39 is 11.6 Å². The molecule has 0 aromatic heterocycles. The molecule has 1 heterocycles. The summed E-state index contributed by atoms with van der Waals surface area (Å²) in [5, 5.41) is 0. The molecule has 0 spiro atoms. The molecule has 0 saturated heterocycles. The van der Waals surface area contributed by atoms with E-state index in [9.17, 15) is 9.59 Å². The Hall–Kier alpha value is -1.47. The molecule has 86 valence electrons. The van der Waals surface area contributed by atoms with Crippen LogP contribution in [0.1, 0.15) is 22.8 Å². The first-order chi connectivity index (χ1) is 8.11. The van der Waals surface area contributed by atoms with E-state index in [0.717, 1.165) is 5.56 Å². The van der Waals surface area contributed by atoms with E-state index in [2.05, 4.69) is 9.24 Å².